The minimum Gasteiger partial charge on any atom is -0.299 e. The fourth-order valence-electron chi connectivity index (χ4n) is 9.93. The summed E-state index contributed by atoms with van der Waals surface area (Å²) < 4.78 is 0. The van der Waals surface area contributed by atoms with Crippen molar-refractivity contribution in [3.8, 4) is 0 Å². The molecule has 0 aliphatic heterocycles. The van der Waals surface area contributed by atoms with Crippen LogP contribution in [0.2, 0.25) is 0 Å². The molecule has 1 heteroatoms. The second-order valence-electron chi connectivity index (χ2n) is 14.2. The molecular formula is C30H50O. The molecule has 4 rings (SSSR count). The van der Waals surface area contributed by atoms with Crippen molar-refractivity contribution >= 4 is 5.78 Å². The van der Waals surface area contributed by atoms with Crippen LogP contribution in [0.1, 0.15) is 126 Å². The van der Waals surface area contributed by atoms with E-state index in [2.05, 4.69) is 61.5 Å². The van der Waals surface area contributed by atoms with Gasteiger partial charge < -0.3 is 0 Å². The summed E-state index contributed by atoms with van der Waals surface area (Å²) in [5, 5.41) is 0. The van der Waals surface area contributed by atoms with Crippen LogP contribution in [0.25, 0.3) is 0 Å². The fourth-order valence-corrected chi connectivity index (χ4v) is 9.93. The summed E-state index contributed by atoms with van der Waals surface area (Å²) in [5.41, 5.74) is 3.56. The van der Waals surface area contributed by atoms with Gasteiger partial charge in [0.05, 0.1) is 0 Å². The molecule has 0 unspecified atom stereocenters. The number of hydrogen-bond donors (Lipinski definition) is 0. The number of allylic oxidation sites excluding steroid dienone is 2. The molecule has 0 spiro atoms. The van der Waals surface area contributed by atoms with E-state index in [9.17, 15) is 4.79 Å². The number of carbonyl (C=O) groups is 1. The molecule has 0 saturated heterocycles. The van der Waals surface area contributed by atoms with Crippen LogP contribution < -0.4 is 0 Å². The van der Waals surface area contributed by atoms with E-state index in [1.807, 2.05) is 0 Å². The number of hydrogen-bond acceptors (Lipinski definition) is 1. The summed E-state index contributed by atoms with van der Waals surface area (Å²) in [6, 6.07) is 0. The standard InChI is InChI=1S/C30H50O/c1-21(2)10-9-14-26(4)16-19-30(8)25-13-15-28(6)22(3)23(31)11-12-24(28)29(25,7)18-17-27(30,5)20-26/h10,22,24-25H,9,11-20H2,1-8H3/t22-,24+,25-,26-,27-,28-,29-,30-/m1/s1. The number of fused-ring (bicyclic) bond motifs is 5. The highest BCUT2D eigenvalue weighted by Gasteiger charge is 2.67. The van der Waals surface area contributed by atoms with Gasteiger partial charge >= 0.3 is 0 Å². The Labute approximate surface area is 193 Å². The second-order valence-corrected chi connectivity index (χ2v) is 14.2. The molecule has 0 bridgehead atoms. The van der Waals surface area contributed by atoms with Gasteiger partial charge in [-0.25, -0.2) is 0 Å². The van der Waals surface area contributed by atoms with Crippen molar-refractivity contribution in [1.82, 2.24) is 0 Å². The minimum absolute atomic E-state index is 0.234. The zero-order valence-electron chi connectivity index (χ0n) is 22.0. The summed E-state index contributed by atoms with van der Waals surface area (Å²) in [7, 11) is 0. The monoisotopic (exact) mass is 426 g/mol. The molecule has 176 valence electrons. The maximum atomic E-state index is 12.7. The van der Waals surface area contributed by atoms with Gasteiger partial charge in [0, 0.05) is 12.3 Å². The van der Waals surface area contributed by atoms with Crippen molar-refractivity contribution in [2.45, 2.75) is 126 Å². The van der Waals surface area contributed by atoms with Crippen molar-refractivity contribution in [3.63, 3.8) is 0 Å². The lowest BCUT2D eigenvalue weighted by Gasteiger charge is -2.72. The van der Waals surface area contributed by atoms with Crippen molar-refractivity contribution in [2.24, 2.45) is 44.8 Å². The highest BCUT2D eigenvalue weighted by Crippen LogP contribution is 2.75. The van der Waals surface area contributed by atoms with Crippen molar-refractivity contribution < 1.29 is 4.79 Å². The topological polar surface area (TPSA) is 17.1 Å². The predicted molar refractivity (Wildman–Crippen MR) is 132 cm³/mol. The normalized spacial score (nSPS) is 52.0. The van der Waals surface area contributed by atoms with Gasteiger partial charge in [-0.1, -0.05) is 53.2 Å². The van der Waals surface area contributed by atoms with Gasteiger partial charge in [0.2, 0.25) is 0 Å². The third-order valence-corrected chi connectivity index (χ3v) is 12.2. The van der Waals surface area contributed by atoms with E-state index in [0.29, 0.717) is 27.4 Å². The quantitative estimate of drug-likeness (QED) is 0.412. The second kappa shape index (κ2) is 7.46. The highest BCUT2D eigenvalue weighted by molar-refractivity contribution is 5.82. The zero-order chi connectivity index (χ0) is 22.9. The molecular weight excluding hydrogens is 376 g/mol. The Morgan fingerprint density at radius 3 is 2.29 bits per heavy atom. The minimum atomic E-state index is 0.234. The molecule has 1 nitrogen and oxygen atoms in total. The SMILES string of the molecule is CC(C)=CCC[C@]1(C)CC[C@]2(C)[C@@H]3CC[C@@]4(C)[C@H](CCC(=O)[C@H]4C)[C@@]3(C)CC[C@]2(C)C1. The van der Waals surface area contributed by atoms with E-state index >= 15 is 0 Å². The van der Waals surface area contributed by atoms with Crippen LogP contribution >= 0.6 is 0 Å². The van der Waals surface area contributed by atoms with Gasteiger partial charge in [0.1, 0.15) is 5.78 Å². The molecule has 0 aromatic carbocycles. The number of ketones is 1. The largest absolute Gasteiger partial charge is 0.299 e. The van der Waals surface area contributed by atoms with E-state index in [-0.39, 0.29) is 11.3 Å². The van der Waals surface area contributed by atoms with Crippen LogP contribution in [0, 0.1) is 44.8 Å². The average Bonchev–Trinajstić information content (AvgIpc) is 2.67. The Hall–Kier alpha value is -0.590. The average molecular weight is 427 g/mol. The maximum absolute atomic E-state index is 12.7. The molecule has 4 saturated carbocycles. The van der Waals surface area contributed by atoms with Gasteiger partial charge in [-0.05, 0) is 117 Å². The van der Waals surface area contributed by atoms with Crippen molar-refractivity contribution in [1.29, 1.82) is 0 Å². The lowest BCUT2D eigenvalue weighted by atomic mass is 9.33. The summed E-state index contributed by atoms with van der Waals surface area (Å²) in [4.78, 5) is 12.7. The van der Waals surface area contributed by atoms with E-state index < -0.39 is 0 Å². The van der Waals surface area contributed by atoms with Gasteiger partial charge in [0.25, 0.3) is 0 Å². The first-order valence-corrected chi connectivity index (χ1v) is 13.5. The zero-order valence-corrected chi connectivity index (χ0v) is 22.0. The van der Waals surface area contributed by atoms with Crippen molar-refractivity contribution in [3.05, 3.63) is 11.6 Å². The van der Waals surface area contributed by atoms with Crippen LogP contribution in [-0.4, -0.2) is 5.78 Å². The molecule has 4 aliphatic carbocycles. The summed E-state index contributed by atoms with van der Waals surface area (Å²) in [6.45, 7) is 19.8. The first kappa shape index (κ1) is 23.6. The lowest BCUT2D eigenvalue weighted by molar-refractivity contribution is -0.225. The number of Topliss-reactive ketones (excluding diaryl/α,β-unsaturated/α-hetero) is 1. The Morgan fingerprint density at radius 1 is 0.903 bits per heavy atom. The highest BCUT2D eigenvalue weighted by atomic mass is 16.1. The molecule has 0 aromatic heterocycles. The molecule has 4 fully saturated rings. The summed E-state index contributed by atoms with van der Waals surface area (Å²) >= 11 is 0. The van der Waals surface area contributed by atoms with Gasteiger partial charge in [-0.15, -0.1) is 0 Å². The van der Waals surface area contributed by atoms with Gasteiger partial charge in [-0.2, -0.15) is 0 Å². The van der Waals surface area contributed by atoms with Crippen LogP contribution in [0.3, 0.4) is 0 Å². The van der Waals surface area contributed by atoms with E-state index in [4.69, 9.17) is 0 Å². The van der Waals surface area contributed by atoms with Crippen LogP contribution in [0.4, 0.5) is 0 Å². The predicted octanol–water partition coefficient (Wildman–Crippen LogP) is 8.77. The Balaban J connectivity index is 1.61. The van der Waals surface area contributed by atoms with Gasteiger partial charge in [-0.3, -0.25) is 4.79 Å². The smallest absolute Gasteiger partial charge is 0.136 e. The third kappa shape index (κ3) is 3.42. The fraction of sp³-hybridized carbons (Fsp3) is 0.900. The number of carbonyl (C=O) groups excluding carboxylic acids is 1. The van der Waals surface area contributed by atoms with E-state index in [0.717, 1.165) is 24.7 Å². The summed E-state index contributed by atoms with van der Waals surface area (Å²) in [5.74, 6) is 2.37. The molecule has 0 aromatic rings. The molecule has 8 atom stereocenters. The maximum Gasteiger partial charge on any atom is 0.136 e. The molecule has 0 amide bonds. The molecule has 0 N–H and O–H groups in total. The Bertz CT molecular complexity index is 760. The summed E-state index contributed by atoms with van der Waals surface area (Å²) in [6.07, 6.45) is 16.7. The first-order valence-electron chi connectivity index (χ1n) is 13.5. The van der Waals surface area contributed by atoms with Gasteiger partial charge in [0.15, 0.2) is 0 Å². The van der Waals surface area contributed by atoms with Crippen LogP contribution in [-0.2, 0) is 4.79 Å². The Morgan fingerprint density at radius 2 is 1.61 bits per heavy atom. The Kier molecular flexibility index (Phi) is 5.67. The third-order valence-electron chi connectivity index (χ3n) is 12.2. The molecule has 0 heterocycles. The van der Waals surface area contributed by atoms with Crippen molar-refractivity contribution in [2.75, 3.05) is 0 Å². The van der Waals surface area contributed by atoms with Crippen LogP contribution in [0.5, 0.6) is 0 Å². The molecule has 4 aliphatic rings. The molecule has 0 radical (unpaired) electrons. The number of rotatable bonds is 3. The lowest BCUT2D eigenvalue weighted by Crippen LogP contribution is -2.64. The first-order chi connectivity index (χ1) is 14.3. The molecule has 31 heavy (non-hydrogen) atoms. The van der Waals surface area contributed by atoms with E-state index in [1.165, 1.54) is 63.4 Å². The van der Waals surface area contributed by atoms with Crippen LogP contribution in [0.15, 0.2) is 11.6 Å². The van der Waals surface area contributed by atoms with E-state index in [1.54, 1.807) is 0 Å².